The molecule has 0 saturated carbocycles. The molecule has 0 fully saturated rings. The van der Waals surface area contributed by atoms with E-state index in [4.69, 9.17) is 0 Å². The largest absolute Gasteiger partial charge is 0.292 e. The van der Waals surface area contributed by atoms with Crippen LogP contribution in [-0.4, -0.2) is 21.5 Å². The van der Waals surface area contributed by atoms with Gasteiger partial charge in [0.1, 0.15) is 5.69 Å². The van der Waals surface area contributed by atoms with Crippen molar-refractivity contribution in [3.05, 3.63) is 42.1 Å². The molecule has 0 N–H and O–H groups in total. The molecule has 0 amide bonds. The highest BCUT2D eigenvalue weighted by Crippen LogP contribution is 2.13. The minimum Gasteiger partial charge on any atom is -0.292 e. The molecular weight excluding hydrogens is 202 g/mol. The number of hydrogen-bond acceptors (Lipinski definition) is 4. The highest BCUT2D eigenvalue weighted by molar-refractivity contribution is 6.16. The minimum atomic E-state index is -0.0450. The maximum atomic E-state index is 11.8. The highest BCUT2D eigenvalue weighted by atomic mass is 16.1. The van der Waals surface area contributed by atoms with E-state index < -0.39 is 0 Å². The summed E-state index contributed by atoms with van der Waals surface area (Å²) in [7, 11) is 0. The summed E-state index contributed by atoms with van der Waals surface area (Å²) in [6, 6.07) is 0. The fourth-order valence-electron chi connectivity index (χ4n) is 1.43. The van der Waals surface area contributed by atoms with E-state index >= 15 is 0 Å². The first-order valence-corrected chi connectivity index (χ1v) is 5.01. The number of nitrogens with zero attached hydrogens (tertiary/aromatic N) is 3. The maximum Gasteiger partial charge on any atom is 0.189 e. The van der Waals surface area contributed by atoms with Gasteiger partial charge in [-0.05, 0) is 19.1 Å². The Morgan fingerprint density at radius 2 is 2.12 bits per heavy atom. The second-order valence-corrected chi connectivity index (χ2v) is 3.33. The molecule has 4 nitrogen and oxygen atoms in total. The van der Waals surface area contributed by atoms with Crippen LogP contribution in [0.25, 0.3) is 6.08 Å². The summed E-state index contributed by atoms with van der Waals surface area (Å²) in [5.74, 6) is -0.0450. The van der Waals surface area contributed by atoms with Gasteiger partial charge in [-0.25, -0.2) is 4.98 Å². The van der Waals surface area contributed by atoms with Crippen LogP contribution in [0.5, 0.6) is 0 Å². The van der Waals surface area contributed by atoms with Gasteiger partial charge < -0.3 is 0 Å². The Kier molecular flexibility index (Phi) is 3.00. The number of ketones is 1. The molecule has 1 aromatic heterocycles. The van der Waals surface area contributed by atoms with Gasteiger partial charge >= 0.3 is 0 Å². The van der Waals surface area contributed by atoms with Crippen molar-refractivity contribution in [3.63, 3.8) is 0 Å². The van der Waals surface area contributed by atoms with Gasteiger partial charge in [0.25, 0.3) is 0 Å². The van der Waals surface area contributed by atoms with Crippen LogP contribution in [-0.2, 0) is 0 Å². The van der Waals surface area contributed by atoms with Crippen molar-refractivity contribution >= 4 is 17.6 Å². The Morgan fingerprint density at radius 3 is 2.94 bits per heavy atom. The molecule has 4 heteroatoms. The summed E-state index contributed by atoms with van der Waals surface area (Å²) in [5, 5.41) is 0. The SMILES string of the molecule is C/C=C\N=C1C=Cc2nccnc2C(=O)C1. The van der Waals surface area contributed by atoms with E-state index in [1.54, 1.807) is 24.5 Å². The van der Waals surface area contributed by atoms with Crippen molar-refractivity contribution in [2.75, 3.05) is 0 Å². The molecule has 2 rings (SSSR count). The second-order valence-electron chi connectivity index (χ2n) is 3.33. The number of rotatable bonds is 1. The standard InChI is InChI=1S/C12H11N3O/c1-2-5-13-9-3-4-10-12(11(16)8-9)15-7-6-14-10/h2-7H,8H2,1H3/b5-2-,13-9?. The van der Waals surface area contributed by atoms with Gasteiger partial charge in [-0.2, -0.15) is 0 Å². The van der Waals surface area contributed by atoms with Gasteiger partial charge in [0.15, 0.2) is 5.78 Å². The Labute approximate surface area is 93.5 Å². The Morgan fingerprint density at radius 1 is 1.31 bits per heavy atom. The number of Topliss-reactive ketones (excluding diaryl/α,β-unsaturated/α-hetero) is 1. The molecule has 1 aliphatic carbocycles. The van der Waals surface area contributed by atoms with E-state index in [9.17, 15) is 4.79 Å². The number of carbonyl (C=O) groups excluding carboxylic acids is 1. The van der Waals surface area contributed by atoms with E-state index in [0.717, 1.165) is 5.71 Å². The lowest BCUT2D eigenvalue weighted by Gasteiger charge is -1.98. The van der Waals surface area contributed by atoms with E-state index in [2.05, 4.69) is 15.0 Å². The van der Waals surface area contributed by atoms with E-state index in [0.29, 0.717) is 11.4 Å². The third kappa shape index (κ3) is 2.11. The zero-order chi connectivity index (χ0) is 11.4. The van der Waals surface area contributed by atoms with E-state index in [-0.39, 0.29) is 12.2 Å². The Bertz CT molecular complexity index is 501. The molecule has 0 unspecified atom stereocenters. The van der Waals surface area contributed by atoms with Crippen molar-refractivity contribution < 1.29 is 4.79 Å². The van der Waals surface area contributed by atoms with Gasteiger partial charge in [0.2, 0.25) is 0 Å². The van der Waals surface area contributed by atoms with Crippen LogP contribution in [0.1, 0.15) is 29.5 Å². The first-order valence-electron chi connectivity index (χ1n) is 5.01. The number of carbonyl (C=O) groups is 1. The number of aromatic nitrogens is 2. The van der Waals surface area contributed by atoms with Crippen molar-refractivity contribution in [3.8, 4) is 0 Å². The number of aliphatic imine (C=N–C) groups is 1. The Balaban J connectivity index is 2.39. The third-order valence-corrected chi connectivity index (χ3v) is 2.16. The molecule has 1 aromatic rings. The fourth-order valence-corrected chi connectivity index (χ4v) is 1.43. The zero-order valence-electron chi connectivity index (χ0n) is 8.92. The van der Waals surface area contributed by atoms with Crippen LogP contribution in [0.15, 0.2) is 35.7 Å². The molecule has 0 spiro atoms. The lowest BCUT2D eigenvalue weighted by atomic mass is 10.1. The topological polar surface area (TPSA) is 55.2 Å². The predicted molar refractivity (Wildman–Crippen MR) is 62.3 cm³/mol. The molecule has 0 atom stereocenters. The minimum absolute atomic E-state index is 0.0450. The predicted octanol–water partition coefficient (Wildman–Crippen LogP) is 2.05. The molecule has 0 aromatic carbocycles. The summed E-state index contributed by atoms with van der Waals surface area (Å²) < 4.78 is 0. The molecule has 0 radical (unpaired) electrons. The van der Waals surface area contributed by atoms with Gasteiger partial charge in [-0.1, -0.05) is 6.08 Å². The van der Waals surface area contributed by atoms with E-state index in [1.807, 2.05) is 13.0 Å². The van der Waals surface area contributed by atoms with Crippen LogP contribution < -0.4 is 0 Å². The van der Waals surface area contributed by atoms with Crippen LogP contribution in [0.2, 0.25) is 0 Å². The summed E-state index contributed by atoms with van der Waals surface area (Å²) in [5.41, 5.74) is 1.76. The third-order valence-electron chi connectivity index (χ3n) is 2.16. The first kappa shape index (κ1) is 10.4. The van der Waals surface area contributed by atoms with Crippen LogP contribution >= 0.6 is 0 Å². The van der Waals surface area contributed by atoms with Crippen molar-refractivity contribution in [1.82, 2.24) is 9.97 Å². The number of hydrogen-bond donors (Lipinski definition) is 0. The molecule has 16 heavy (non-hydrogen) atoms. The van der Waals surface area contributed by atoms with Gasteiger partial charge in [0.05, 0.1) is 12.1 Å². The van der Waals surface area contributed by atoms with Crippen molar-refractivity contribution in [2.24, 2.45) is 4.99 Å². The van der Waals surface area contributed by atoms with Crippen LogP contribution in [0.3, 0.4) is 0 Å². The lowest BCUT2D eigenvalue weighted by Crippen LogP contribution is -2.07. The maximum absolute atomic E-state index is 11.8. The Hall–Kier alpha value is -2.10. The summed E-state index contributed by atoms with van der Waals surface area (Å²) >= 11 is 0. The average molecular weight is 213 g/mol. The van der Waals surface area contributed by atoms with Crippen LogP contribution in [0, 0.1) is 0 Å². The normalized spacial score (nSPS) is 17.8. The monoisotopic (exact) mass is 213 g/mol. The summed E-state index contributed by atoms with van der Waals surface area (Å²) in [6.45, 7) is 1.88. The van der Waals surface area contributed by atoms with Gasteiger partial charge in [-0.15, -0.1) is 0 Å². The van der Waals surface area contributed by atoms with Gasteiger partial charge in [-0.3, -0.25) is 14.8 Å². The van der Waals surface area contributed by atoms with E-state index in [1.165, 1.54) is 6.20 Å². The van der Waals surface area contributed by atoms with Gasteiger partial charge in [0, 0.05) is 24.3 Å². The second kappa shape index (κ2) is 4.61. The summed E-state index contributed by atoms with van der Waals surface area (Å²) in [4.78, 5) is 24.1. The average Bonchev–Trinajstić information content (AvgIpc) is 2.47. The molecule has 0 saturated heterocycles. The molecule has 80 valence electrons. The fraction of sp³-hybridized carbons (Fsp3) is 0.167. The number of allylic oxidation sites excluding steroid dienone is 2. The smallest absolute Gasteiger partial charge is 0.189 e. The number of fused-ring (bicyclic) bond motifs is 1. The van der Waals surface area contributed by atoms with Crippen molar-refractivity contribution in [2.45, 2.75) is 13.3 Å². The highest BCUT2D eigenvalue weighted by Gasteiger charge is 2.17. The molecule has 1 aliphatic rings. The quantitative estimate of drug-likeness (QED) is 0.717. The zero-order valence-corrected chi connectivity index (χ0v) is 8.92. The van der Waals surface area contributed by atoms with Crippen molar-refractivity contribution in [1.29, 1.82) is 0 Å². The molecule has 1 heterocycles. The molecule has 0 bridgehead atoms. The lowest BCUT2D eigenvalue weighted by molar-refractivity contribution is 0.0996. The van der Waals surface area contributed by atoms with Crippen LogP contribution in [0.4, 0.5) is 0 Å². The molecular formula is C12H11N3O. The summed E-state index contributed by atoms with van der Waals surface area (Å²) in [6.07, 6.45) is 10.4. The molecule has 0 aliphatic heterocycles. The first-order chi connectivity index (χ1) is 7.81.